The molecule has 3 heteroatoms. The number of hydrogen-bond donors (Lipinski definition) is 1. The van der Waals surface area contributed by atoms with Gasteiger partial charge in [0.25, 0.3) is 0 Å². The molecule has 0 rings (SSSR count). The molecule has 0 aromatic rings. The third-order valence-corrected chi connectivity index (χ3v) is 1.35. The van der Waals surface area contributed by atoms with Gasteiger partial charge in [-0.3, -0.25) is 0 Å². The van der Waals surface area contributed by atoms with Crippen molar-refractivity contribution in [1.82, 2.24) is 0 Å². The molecule has 0 aliphatic rings. The fourth-order valence-electron chi connectivity index (χ4n) is 0.684. The number of alkyl halides is 1. The van der Waals surface area contributed by atoms with E-state index in [-0.39, 0.29) is 6.61 Å². The fourth-order valence-corrected chi connectivity index (χ4v) is 0.684. The molecule has 0 amide bonds. The van der Waals surface area contributed by atoms with Crippen molar-refractivity contribution in [2.45, 2.75) is 6.10 Å². The zero-order valence-electron chi connectivity index (χ0n) is 7.58. The van der Waals surface area contributed by atoms with Crippen molar-refractivity contribution in [1.29, 1.82) is 0 Å². The van der Waals surface area contributed by atoms with Crippen molar-refractivity contribution < 1.29 is 14.2 Å². The highest BCUT2D eigenvalue weighted by atomic mass is 19.1. The van der Waals surface area contributed by atoms with Crippen LogP contribution in [0.5, 0.6) is 0 Å². The van der Waals surface area contributed by atoms with Crippen LogP contribution in [0, 0.1) is 0 Å². The van der Waals surface area contributed by atoms with Crippen LogP contribution in [-0.4, -0.2) is 31.1 Å². The van der Waals surface area contributed by atoms with Crippen LogP contribution in [0.15, 0.2) is 37.0 Å². The highest BCUT2D eigenvalue weighted by Gasteiger charge is 2.02. The molecule has 0 aromatic heterocycles. The van der Waals surface area contributed by atoms with E-state index in [1.165, 1.54) is 0 Å². The molecule has 1 atom stereocenters. The minimum Gasteiger partial charge on any atom is -0.388 e. The zero-order chi connectivity index (χ0) is 10.1. The van der Waals surface area contributed by atoms with Crippen LogP contribution in [0.3, 0.4) is 0 Å². The van der Waals surface area contributed by atoms with Gasteiger partial charge in [-0.1, -0.05) is 31.4 Å². The van der Waals surface area contributed by atoms with E-state index in [4.69, 9.17) is 9.84 Å². The molecule has 0 spiro atoms. The average molecular weight is 186 g/mol. The maximum atomic E-state index is 11.8. The third kappa shape index (κ3) is 6.25. The summed E-state index contributed by atoms with van der Waals surface area (Å²) in [5.41, 5.74) is 0.848. The first kappa shape index (κ1) is 12.1. The van der Waals surface area contributed by atoms with Crippen LogP contribution in [0.25, 0.3) is 0 Å². The lowest BCUT2D eigenvalue weighted by Gasteiger charge is -2.07. The van der Waals surface area contributed by atoms with Gasteiger partial charge in [-0.15, -0.1) is 0 Å². The summed E-state index contributed by atoms with van der Waals surface area (Å²) in [6, 6.07) is 0. The summed E-state index contributed by atoms with van der Waals surface area (Å²) >= 11 is 0. The Morgan fingerprint density at radius 3 is 2.69 bits per heavy atom. The molecule has 1 unspecified atom stereocenters. The molecule has 0 fully saturated rings. The summed E-state index contributed by atoms with van der Waals surface area (Å²) in [6.07, 6.45) is 3.96. The molecular weight excluding hydrogens is 171 g/mol. The molecule has 0 saturated heterocycles. The first-order chi connectivity index (χ1) is 6.24. The number of rotatable bonds is 7. The molecule has 0 bridgehead atoms. The van der Waals surface area contributed by atoms with Crippen molar-refractivity contribution >= 4 is 0 Å². The molecule has 74 valence electrons. The Morgan fingerprint density at radius 1 is 1.54 bits per heavy atom. The second-order valence-electron chi connectivity index (χ2n) is 2.50. The summed E-state index contributed by atoms with van der Waals surface area (Å²) in [5.74, 6) is 0. The molecule has 0 aromatic carbocycles. The van der Waals surface area contributed by atoms with E-state index in [0.29, 0.717) is 6.61 Å². The van der Waals surface area contributed by atoms with Crippen molar-refractivity contribution in [3.63, 3.8) is 0 Å². The maximum Gasteiger partial charge on any atom is 0.118 e. The number of aliphatic hydroxyl groups excluding tert-OH is 1. The number of ether oxygens (including phenoxy) is 1. The van der Waals surface area contributed by atoms with Gasteiger partial charge in [-0.2, -0.15) is 0 Å². The lowest BCUT2D eigenvalue weighted by Crippen LogP contribution is -2.17. The first-order valence-corrected chi connectivity index (χ1v) is 4.00. The van der Waals surface area contributed by atoms with Gasteiger partial charge in [-0.05, 0) is 5.57 Å². The Balaban J connectivity index is 3.67. The number of allylic oxidation sites excluding steroid dienone is 2. The van der Waals surface area contributed by atoms with Gasteiger partial charge in [-0.25, -0.2) is 4.39 Å². The minimum atomic E-state index is -1.03. The van der Waals surface area contributed by atoms with Crippen molar-refractivity contribution in [2.24, 2.45) is 0 Å². The van der Waals surface area contributed by atoms with Gasteiger partial charge < -0.3 is 9.84 Å². The highest BCUT2D eigenvalue weighted by molar-refractivity contribution is 5.21. The quantitative estimate of drug-likeness (QED) is 0.612. The lowest BCUT2D eigenvalue weighted by atomic mass is 10.2. The number of aliphatic hydroxyl groups is 1. The van der Waals surface area contributed by atoms with Gasteiger partial charge >= 0.3 is 0 Å². The topological polar surface area (TPSA) is 29.5 Å². The standard InChI is InChI=1S/C10H15FO2/c1-3-5-9(4-2)7-13-8-10(12)6-11/h3-5,10,12H,1-2,6-8H2/b9-5+. The monoisotopic (exact) mass is 186 g/mol. The van der Waals surface area contributed by atoms with E-state index in [9.17, 15) is 4.39 Å². The van der Waals surface area contributed by atoms with Crippen molar-refractivity contribution in [3.8, 4) is 0 Å². The van der Waals surface area contributed by atoms with Crippen LogP contribution >= 0.6 is 0 Å². The van der Waals surface area contributed by atoms with Crippen LogP contribution in [0.1, 0.15) is 0 Å². The SMILES string of the molecule is C=C/C=C(\C=C)COCC(O)CF. The molecular formula is C10H15FO2. The van der Waals surface area contributed by atoms with Crippen LogP contribution in [0.4, 0.5) is 4.39 Å². The highest BCUT2D eigenvalue weighted by Crippen LogP contribution is 1.98. The smallest absolute Gasteiger partial charge is 0.118 e. The number of hydrogen-bond acceptors (Lipinski definition) is 2. The molecule has 2 nitrogen and oxygen atoms in total. The van der Waals surface area contributed by atoms with E-state index in [1.807, 2.05) is 0 Å². The van der Waals surface area contributed by atoms with Gasteiger partial charge in [0.1, 0.15) is 12.8 Å². The predicted molar refractivity (Wildman–Crippen MR) is 51.3 cm³/mol. The second-order valence-corrected chi connectivity index (χ2v) is 2.50. The van der Waals surface area contributed by atoms with E-state index < -0.39 is 12.8 Å². The summed E-state index contributed by atoms with van der Waals surface area (Å²) in [5, 5.41) is 8.81. The van der Waals surface area contributed by atoms with Crippen LogP contribution < -0.4 is 0 Å². The van der Waals surface area contributed by atoms with Gasteiger partial charge in [0, 0.05) is 0 Å². The molecule has 1 N–H and O–H groups in total. The lowest BCUT2D eigenvalue weighted by molar-refractivity contribution is 0.0334. The maximum absolute atomic E-state index is 11.8. The van der Waals surface area contributed by atoms with Crippen molar-refractivity contribution in [2.75, 3.05) is 19.9 Å². The fraction of sp³-hybridized carbons (Fsp3) is 0.400. The Bertz CT molecular complexity index is 187. The van der Waals surface area contributed by atoms with E-state index in [0.717, 1.165) is 5.57 Å². The van der Waals surface area contributed by atoms with Gasteiger partial charge in [0.2, 0.25) is 0 Å². The Kier molecular flexibility index (Phi) is 7.15. The average Bonchev–Trinajstić information content (AvgIpc) is 2.16. The molecule has 0 radical (unpaired) electrons. The molecule has 13 heavy (non-hydrogen) atoms. The van der Waals surface area contributed by atoms with Crippen LogP contribution in [0.2, 0.25) is 0 Å². The normalized spacial score (nSPS) is 13.8. The molecule has 0 saturated carbocycles. The van der Waals surface area contributed by atoms with E-state index in [2.05, 4.69) is 13.2 Å². The summed E-state index contributed by atoms with van der Waals surface area (Å²) in [7, 11) is 0. The predicted octanol–water partition coefficient (Wildman–Crippen LogP) is 1.63. The Morgan fingerprint density at radius 2 is 2.23 bits per heavy atom. The molecule has 0 aliphatic heterocycles. The Labute approximate surface area is 78.0 Å². The number of halogens is 1. The second kappa shape index (κ2) is 7.71. The Hall–Kier alpha value is -0.930. The zero-order valence-corrected chi connectivity index (χ0v) is 7.58. The van der Waals surface area contributed by atoms with Gasteiger partial charge in [0.15, 0.2) is 0 Å². The molecule has 0 heterocycles. The van der Waals surface area contributed by atoms with Crippen molar-refractivity contribution in [3.05, 3.63) is 37.0 Å². The largest absolute Gasteiger partial charge is 0.388 e. The third-order valence-electron chi connectivity index (χ3n) is 1.35. The van der Waals surface area contributed by atoms with E-state index in [1.54, 1.807) is 18.2 Å². The summed E-state index contributed by atoms with van der Waals surface area (Å²) in [6.45, 7) is 6.61. The van der Waals surface area contributed by atoms with E-state index >= 15 is 0 Å². The van der Waals surface area contributed by atoms with Crippen LogP contribution in [-0.2, 0) is 4.74 Å². The molecule has 0 aliphatic carbocycles. The van der Waals surface area contributed by atoms with Gasteiger partial charge in [0.05, 0.1) is 13.2 Å². The summed E-state index contributed by atoms with van der Waals surface area (Å²) < 4.78 is 16.8. The minimum absolute atomic E-state index is 0.00117. The summed E-state index contributed by atoms with van der Waals surface area (Å²) in [4.78, 5) is 0. The first-order valence-electron chi connectivity index (χ1n) is 4.00.